The Bertz CT molecular complexity index is 1250. The second-order valence-corrected chi connectivity index (χ2v) is 11.7. The summed E-state index contributed by atoms with van der Waals surface area (Å²) in [5.74, 6) is -1.30. The van der Waals surface area contributed by atoms with Gasteiger partial charge in [-0.05, 0) is 75.9 Å². The summed E-state index contributed by atoms with van der Waals surface area (Å²) in [6, 6.07) is 14.0. The number of carbonyl (C=O) groups is 3. The third-order valence-electron chi connectivity index (χ3n) is 5.79. The smallest absolute Gasteiger partial charge is 0.407 e. The van der Waals surface area contributed by atoms with E-state index < -0.39 is 23.2 Å². The van der Waals surface area contributed by atoms with Crippen LogP contribution in [0.1, 0.15) is 70.6 Å². The number of benzene rings is 2. The summed E-state index contributed by atoms with van der Waals surface area (Å²) in [6.07, 6.45) is 3.21. The van der Waals surface area contributed by atoms with E-state index in [4.69, 9.17) is 9.47 Å². The minimum Gasteiger partial charge on any atom is -0.460 e. The van der Waals surface area contributed by atoms with Crippen molar-refractivity contribution < 1.29 is 29.0 Å². The van der Waals surface area contributed by atoms with Crippen LogP contribution in [0.4, 0.5) is 10.5 Å². The number of ether oxygens (including phenoxy) is 2. The number of nitrogens with zero attached hydrogens (tertiary/aromatic N) is 1. The van der Waals surface area contributed by atoms with Gasteiger partial charge in [0.2, 0.25) is 5.91 Å². The lowest BCUT2D eigenvalue weighted by Crippen LogP contribution is -2.37. The van der Waals surface area contributed by atoms with Crippen LogP contribution >= 0.6 is 0 Å². The average molecular weight is 550 g/mol. The molecule has 9 heteroatoms. The van der Waals surface area contributed by atoms with E-state index in [2.05, 4.69) is 15.6 Å². The highest BCUT2D eigenvalue weighted by Crippen LogP contribution is 2.24. The Morgan fingerprint density at radius 1 is 0.925 bits per heavy atom. The van der Waals surface area contributed by atoms with Gasteiger partial charge in [0.15, 0.2) is 0 Å². The molecule has 1 aliphatic rings. The molecule has 0 saturated carbocycles. The summed E-state index contributed by atoms with van der Waals surface area (Å²) in [7, 11) is 0. The Kier molecular flexibility index (Phi) is 9.87. The molecule has 2 atom stereocenters. The van der Waals surface area contributed by atoms with Gasteiger partial charge in [0.1, 0.15) is 11.2 Å². The Balaban J connectivity index is 1.67. The molecular formula is C31H39N3O6. The predicted molar refractivity (Wildman–Crippen MR) is 155 cm³/mol. The molecule has 3 rings (SSSR count). The van der Waals surface area contributed by atoms with Gasteiger partial charge in [-0.3, -0.25) is 14.6 Å². The van der Waals surface area contributed by atoms with Crippen LogP contribution in [-0.4, -0.2) is 53.1 Å². The second kappa shape index (κ2) is 12.9. The van der Waals surface area contributed by atoms with Gasteiger partial charge < -0.3 is 25.2 Å². The van der Waals surface area contributed by atoms with Crippen LogP contribution in [0, 0.1) is 0 Å². The molecule has 0 bridgehead atoms. The summed E-state index contributed by atoms with van der Waals surface area (Å²) in [5.41, 5.74) is 2.57. The Morgan fingerprint density at radius 3 is 2.12 bits per heavy atom. The van der Waals surface area contributed by atoms with E-state index in [1.807, 2.05) is 39.0 Å². The Morgan fingerprint density at radius 2 is 1.55 bits per heavy atom. The van der Waals surface area contributed by atoms with Gasteiger partial charge in [0.25, 0.3) is 0 Å². The van der Waals surface area contributed by atoms with Crippen LogP contribution < -0.4 is 10.6 Å². The molecule has 2 aromatic rings. The van der Waals surface area contributed by atoms with Crippen LogP contribution in [0.5, 0.6) is 0 Å². The minimum absolute atomic E-state index is 0.0275. The molecule has 0 fully saturated rings. The van der Waals surface area contributed by atoms with E-state index >= 15 is 0 Å². The SMILES string of the molecule is CC(C)(C)OC(=O)C[C@@H]1C=C(c2ccc(NC(=O)C(CNC(=O)OC(C)(C)C)c3ccc(CO)cc3)cc2)C=N1. The number of hydrogen-bond donors (Lipinski definition) is 3. The molecule has 40 heavy (non-hydrogen) atoms. The number of amides is 2. The summed E-state index contributed by atoms with van der Waals surface area (Å²) < 4.78 is 10.7. The molecule has 0 radical (unpaired) electrons. The lowest BCUT2D eigenvalue weighted by molar-refractivity contribution is -0.154. The number of anilines is 1. The molecule has 1 unspecified atom stereocenters. The highest BCUT2D eigenvalue weighted by atomic mass is 16.6. The number of rotatable bonds is 9. The first kappa shape index (κ1) is 30.6. The van der Waals surface area contributed by atoms with Gasteiger partial charge >= 0.3 is 12.1 Å². The van der Waals surface area contributed by atoms with E-state index in [1.54, 1.807) is 63.4 Å². The average Bonchev–Trinajstić information content (AvgIpc) is 3.31. The van der Waals surface area contributed by atoms with Crippen LogP contribution in [0.3, 0.4) is 0 Å². The van der Waals surface area contributed by atoms with Crippen molar-refractivity contribution in [2.75, 3.05) is 11.9 Å². The van der Waals surface area contributed by atoms with E-state index in [0.29, 0.717) is 11.3 Å². The van der Waals surface area contributed by atoms with Crippen LogP contribution in [-0.2, 0) is 25.7 Å². The summed E-state index contributed by atoms with van der Waals surface area (Å²) in [6.45, 7) is 10.7. The molecule has 2 aromatic carbocycles. The number of carbonyl (C=O) groups excluding carboxylic acids is 3. The molecule has 0 spiro atoms. The normalized spacial score (nSPS) is 15.7. The number of esters is 1. The van der Waals surface area contributed by atoms with E-state index in [0.717, 1.165) is 16.7 Å². The van der Waals surface area contributed by atoms with Crippen molar-refractivity contribution in [3.63, 3.8) is 0 Å². The summed E-state index contributed by atoms with van der Waals surface area (Å²) in [5, 5.41) is 15.0. The maximum atomic E-state index is 13.3. The van der Waals surface area contributed by atoms with Crippen molar-refractivity contribution in [3.05, 3.63) is 71.3 Å². The Hall–Kier alpha value is -3.98. The zero-order chi connectivity index (χ0) is 29.5. The third kappa shape index (κ3) is 9.64. The second-order valence-electron chi connectivity index (χ2n) is 11.7. The fraction of sp³-hybridized carbons (Fsp3) is 0.419. The van der Waals surface area contributed by atoms with Gasteiger partial charge in [-0.1, -0.05) is 42.5 Å². The van der Waals surface area contributed by atoms with E-state index in [1.165, 1.54) is 0 Å². The van der Waals surface area contributed by atoms with Crippen LogP contribution in [0.15, 0.2) is 59.6 Å². The number of aliphatic hydroxyl groups excluding tert-OH is 1. The number of allylic oxidation sites excluding steroid dienone is 1. The van der Waals surface area contributed by atoms with Crippen molar-refractivity contribution in [1.29, 1.82) is 0 Å². The van der Waals surface area contributed by atoms with Crippen molar-refractivity contribution in [1.82, 2.24) is 5.32 Å². The molecule has 0 aromatic heterocycles. The number of aliphatic imine (C=N–C) groups is 1. The quantitative estimate of drug-likeness (QED) is 0.378. The van der Waals surface area contributed by atoms with Crippen LogP contribution in [0.2, 0.25) is 0 Å². The lowest BCUT2D eigenvalue weighted by Gasteiger charge is -2.22. The molecule has 0 saturated heterocycles. The topological polar surface area (TPSA) is 126 Å². The predicted octanol–water partition coefficient (Wildman–Crippen LogP) is 4.99. The monoisotopic (exact) mass is 549 g/mol. The molecule has 1 aliphatic heterocycles. The molecule has 2 amide bonds. The van der Waals surface area contributed by atoms with Crippen molar-refractivity contribution in [2.24, 2.45) is 4.99 Å². The van der Waals surface area contributed by atoms with E-state index in [-0.39, 0.29) is 37.5 Å². The largest absolute Gasteiger partial charge is 0.460 e. The van der Waals surface area contributed by atoms with Gasteiger partial charge in [0.05, 0.1) is 25.0 Å². The number of nitrogens with one attached hydrogen (secondary N) is 2. The van der Waals surface area contributed by atoms with Gasteiger partial charge in [0, 0.05) is 18.4 Å². The number of aliphatic hydroxyl groups is 1. The van der Waals surface area contributed by atoms with Crippen molar-refractivity contribution >= 4 is 35.4 Å². The summed E-state index contributed by atoms with van der Waals surface area (Å²) >= 11 is 0. The number of hydrogen-bond acceptors (Lipinski definition) is 7. The molecule has 0 aliphatic carbocycles. The minimum atomic E-state index is -0.696. The maximum absolute atomic E-state index is 13.3. The highest BCUT2D eigenvalue weighted by molar-refractivity contribution is 6.12. The van der Waals surface area contributed by atoms with Gasteiger partial charge in [-0.15, -0.1) is 0 Å². The zero-order valence-corrected chi connectivity index (χ0v) is 24.0. The molecular weight excluding hydrogens is 510 g/mol. The zero-order valence-electron chi connectivity index (χ0n) is 24.0. The lowest BCUT2D eigenvalue weighted by atomic mass is 9.96. The van der Waals surface area contributed by atoms with Gasteiger partial charge in [-0.25, -0.2) is 4.79 Å². The fourth-order valence-corrected chi connectivity index (χ4v) is 4.00. The van der Waals surface area contributed by atoms with Gasteiger partial charge in [-0.2, -0.15) is 0 Å². The molecule has 214 valence electrons. The molecule has 3 N–H and O–H groups in total. The Labute approximate surface area is 235 Å². The maximum Gasteiger partial charge on any atom is 0.407 e. The fourth-order valence-electron chi connectivity index (χ4n) is 4.00. The highest BCUT2D eigenvalue weighted by Gasteiger charge is 2.24. The first-order valence-corrected chi connectivity index (χ1v) is 13.3. The molecule has 9 nitrogen and oxygen atoms in total. The molecule has 1 heterocycles. The number of alkyl carbamates (subject to hydrolysis) is 1. The standard InChI is InChI=1S/C31H39N3O6/c1-30(2,3)39-27(36)16-25-15-23(17-32-25)21-11-13-24(14-12-21)34-28(37)26(18-33-29(38)40-31(4,5)6)22-9-7-20(19-35)8-10-22/h7-15,17,25-26,35H,16,18-19H2,1-6H3,(H,33,38)(H,34,37)/t25-,26?/m0/s1. The summed E-state index contributed by atoms with van der Waals surface area (Å²) in [4.78, 5) is 42.1. The first-order chi connectivity index (χ1) is 18.7. The first-order valence-electron chi connectivity index (χ1n) is 13.3. The third-order valence-corrected chi connectivity index (χ3v) is 5.79. The van der Waals surface area contributed by atoms with Crippen molar-refractivity contribution in [3.8, 4) is 0 Å². The van der Waals surface area contributed by atoms with Crippen molar-refractivity contribution in [2.45, 2.75) is 77.7 Å². The van der Waals surface area contributed by atoms with Crippen LogP contribution in [0.25, 0.3) is 5.57 Å². The van der Waals surface area contributed by atoms with E-state index in [9.17, 15) is 19.5 Å².